The van der Waals surface area contributed by atoms with E-state index in [1.54, 1.807) is 35.6 Å². The molecule has 2 aromatic carbocycles. The Morgan fingerprint density at radius 1 is 1.15 bits per heavy atom. The van der Waals surface area contributed by atoms with Crippen molar-refractivity contribution in [2.24, 2.45) is 0 Å². The van der Waals surface area contributed by atoms with Crippen LogP contribution in [0, 0.1) is 0 Å². The monoisotopic (exact) mass is 478 g/mol. The van der Waals surface area contributed by atoms with E-state index in [-0.39, 0.29) is 17.9 Å². The maximum atomic E-state index is 13.4. The van der Waals surface area contributed by atoms with Crippen LogP contribution in [0.2, 0.25) is 0 Å². The fraction of sp³-hybridized carbons (Fsp3) is 0.333. The highest BCUT2D eigenvalue weighted by Crippen LogP contribution is 2.21. The Hall–Kier alpha value is -3.16. The highest BCUT2D eigenvalue weighted by molar-refractivity contribution is 7.07. The van der Waals surface area contributed by atoms with Gasteiger partial charge < -0.3 is 19.7 Å². The van der Waals surface area contributed by atoms with E-state index < -0.39 is 0 Å². The van der Waals surface area contributed by atoms with Crippen LogP contribution in [0.3, 0.4) is 0 Å². The minimum atomic E-state index is -0.142. The second-order valence-corrected chi connectivity index (χ2v) is 9.24. The Labute approximate surface area is 204 Å². The standard InChI is InChI=1S/C27H30N2O4S/c1-20(30)28-24-9-7-23(8-10-24)27(31)29(18-26-6-3-13-32-26)17-22-4-2-5-25(16-22)33-14-11-21-12-15-34-19-21/h2,4-5,7-10,12,15-16,19,26H,3,6,11,13-14,17-18H2,1H3,(H,28,30)/t26-/m1/s1. The normalized spacial score (nSPS) is 15.1. The zero-order valence-corrected chi connectivity index (χ0v) is 20.2. The SMILES string of the molecule is CC(=O)Nc1ccc(C(=O)N(Cc2cccc(OCCc3ccsc3)c2)C[C@H]2CCCO2)cc1. The van der Waals surface area contributed by atoms with E-state index in [2.05, 4.69) is 22.1 Å². The third kappa shape index (κ3) is 6.92. The molecule has 4 rings (SSSR count). The summed E-state index contributed by atoms with van der Waals surface area (Å²) in [5.74, 6) is 0.599. The summed E-state index contributed by atoms with van der Waals surface area (Å²) < 4.78 is 11.8. The molecule has 2 heterocycles. The van der Waals surface area contributed by atoms with E-state index in [0.29, 0.717) is 30.9 Å². The molecule has 0 bridgehead atoms. The number of thiophene rings is 1. The topological polar surface area (TPSA) is 67.9 Å². The molecule has 1 fully saturated rings. The highest BCUT2D eigenvalue weighted by atomic mass is 32.1. The molecule has 0 saturated carbocycles. The zero-order chi connectivity index (χ0) is 23.8. The van der Waals surface area contributed by atoms with Crippen molar-refractivity contribution < 1.29 is 19.1 Å². The molecule has 1 saturated heterocycles. The van der Waals surface area contributed by atoms with Crippen molar-refractivity contribution in [2.45, 2.75) is 38.8 Å². The second kappa shape index (κ2) is 11.8. The lowest BCUT2D eigenvalue weighted by Gasteiger charge is -2.26. The van der Waals surface area contributed by atoms with Crippen LogP contribution in [-0.2, 0) is 22.5 Å². The van der Waals surface area contributed by atoms with Gasteiger partial charge in [-0.1, -0.05) is 12.1 Å². The van der Waals surface area contributed by atoms with Crippen LogP contribution < -0.4 is 10.1 Å². The van der Waals surface area contributed by atoms with Crippen molar-refractivity contribution in [3.05, 3.63) is 82.0 Å². The van der Waals surface area contributed by atoms with Gasteiger partial charge in [0.1, 0.15) is 5.75 Å². The molecule has 7 heteroatoms. The van der Waals surface area contributed by atoms with Gasteiger partial charge >= 0.3 is 0 Å². The van der Waals surface area contributed by atoms with Gasteiger partial charge in [-0.05, 0) is 77.2 Å². The number of carbonyl (C=O) groups is 2. The smallest absolute Gasteiger partial charge is 0.254 e. The summed E-state index contributed by atoms with van der Waals surface area (Å²) in [7, 11) is 0. The third-order valence-electron chi connectivity index (χ3n) is 5.70. The van der Waals surface area contributed by atoms with Crippen LogP contribution in [-0.4, -0.2) is 42.6 Å². The molecule has 2 amide bonds. The number of nitrogens with zero attached hydrogens (tertiary/aromatic N) is 1. The fourth-order valence-corrected chi connectivity index (χ4v) is 4.71. The average molecular weight is 479 g/mol. The molecule has 0 radical (unpaired) electrons. The van der Waals surface area contributed by atoms with Crippen molar-refractivity contribution in [3.63, 3.8) is 0 Å². The first-order valence-corrected chi connectivity index (χ1v) is 12.5. The molecule has 1 N–H and O–H groups in total. The summed E-state index contributed by atoms with van der Waals surface area (Å²) in [4.78, 5) is 26.5. The number of anilines is 1. The lowest BCUT2D eigenvalue weighted by molar-refractivity contribution is -0.114. The Kier molecular flexibility index (Phi) is 8.33. The molecule has 34 heavy (non-hydrogen) atoms. The van der Waals surface area contributed by atoms with Crippen molar-refractivity contribution >= 4 is 28.8 Å². The van der Waals surface area contributed by atoms with E-state index >= 15 is 0 Å². The summed E-state index contributed by atoms with van der Waals surface area (Å²) in [6, 6.07) is 17.0. The number of benzene rings is 2. The van der Waals surface area contributed by atoms with Crippen molar-refractivity contribution in [2.75, 3.05) is 25.1 Å². The Morgan fingerprint density at radius 2 is 2.00 bits per heavy atom. The maximum absolute atomic E-state index is 13.4. The van der Waals surface area contributed by atoms with Gasteiger partial charge in [-0.3, -0.25) is 9.59 Å². The first-order chi connectivity index (χ1) is 16.6. The number of nitrogens with one attached hydrogen (secondary N) is 1. The number of carbonyl (C=O) groups excluding carboxylic acids is 2. The van der Waals surface area contributed by atoms with Gasteiger partial charge in [-0.15, -0.1) is 0 Å². The zero-order valence-electron chi connectivity index (χ0n) is 19.4. The molecule has 6 nitrogen and oxygen atoms in total. The summed E-state index contributed by atoms with van der Waals surface area (Å²) in [5, 5.41) is 6.94. The van der Waals surface area contributed by atoms with Crippen molar-refractivity contribution in [1.82, 2.24) is 4.90 Å². The van der Waals surface area contributed by atoms with Gasteiger partial charge in [-0.25, -0.2) is 0 Å². The molecule has 1 aromatic heterocycles. The van der Waals surface area contributed by atoms with Crippen LogP contribution in [0.5, 0.6) is 5.75 Å². The van der Waals surface area contributed by atoms with Gasteiger partial charge in [0.2, 0.25) is 5.91 Å². The van der Waals surface area contributed by atoms with Gasteiger partial charge in [-0.2, -0.15) is 11.3 Å². The van der Waals surface area contributed by atoms with Crippen LogP contribution >= 0.6 is 11.3 Å². The lowest BCUT2D eigenvalue weighted by atomic mass is 10.1. The molecular formula is C27H30N2O4S. The summed E-state index contributed by atoms with van der Waals surface area (Å²) in [6.45, 7) is 3.82. The van der Waals surface area contributed by atoms with Gasteiger partial charge in [0, 0.05) is 44.3 Å². The third-order valence-corrected chi connectivity index (χ3v) is 6.43. The largest absolute Gasteiger partial charge is 0.493 e. The van der Waals surface area contributed by atoms with Crippen LogP contribution in [0.1, 0.15) is 41.3 Å². The minimum Gasteiger partial charge on any atom is -0.493 e. The molecular weight excluding hydrogens is 448 g/mol. The summed E-state index contributed by atoms with van der Waals surface area (Å²) >= 11 is 1.69. The molecule has 178 valence electrons. The molecule has 1 aliphatic rings. The summed E-state index contributed by atoms with van der Waals surface area (Å²) in [5.41, 5.74) is 3.53. The van der Waals surface area contributed by atoms with E-state index in [4.69, 9.17) is 9.47 Å². The predicted molar refractivity (Wildman–Crippen MR) is 134 cm³/mol. The van der Waals surface area contributed by atoms with E-state index in [0.717, 1.165) is 37.2 Å². The fourth-order valence-electron chi connectivity index (χ4n) is 4.01. The highest BCUT2D eigenvalue weighted by Gasteiger charge is 2.24. The number of hydrogen-bond acceptors (Lipinski definition) is 5. The lowest BCUT2D eigenvalue weighted by Crippen LogP contribution is -2.37. The molecule has 3 aromatic rings. The van der Waals surface area contributed by atoms with Gasteiger partial charge in [0.05, 0.1) is 12.7 Å². The molecule has 0 unspecified atom stereocenters. The number of amides is 2. The van der Waals surface area contributed by atoms with Gasteiger partial charge in [0.25, 0.3) is 5.91 Å². The minimum absolute atomic E-state index is 0.0487. The summed E-state index contributed by atoms with van der Waals surface area (Å²) in [6.07, 6.45) is 2.89. The Balaban J connectivity index is 1.44. The Morgan fingerprint density at radius 3 is 2.71 bits per heavy atom. The van der Waals surface area contributed by atoms with Crippen molar-refractivity contribution in [3.8, 4) is 5.75 Å². The van der Waals surface area contributed by atoms with E-state index in [9.17, 15) is 9.59 Å². The van der Waals surface area contributed by atoms with Crippen molar-refractivity contribution in [1.29, 1.82) is 0 Å². The second-order valence-electron chi connectivity index (χ2n) is 8.46. The maximum Gasteiger partial charge on any atom is 0.254 e. The number of hydrogen-bond donors (Lipinski definition) is 1. The van der Waals surface area contributed by atoms with E-state index in [1.807, 2.05) is 29.2 Å². The molecule has 1 atom stereocenters. The first-order valence-electron chi connectivity index (χ1n) is 11.6. The van der Waals surface area contributed by atoms with Crippen LogP contribution in [0.4, 0.5) is 5.69 Å². The number of rotatable bonds is 10. The predicted octanol–water partition coefficient (Wildman–Crippen LogP) is 5.15. The van der Waals surface area contributed by atoms with E-state index in [1.165, 1.54) is 12.5 Å². The van der Waals surface area contributed by atoms with Crippen LogP contribution in [0.25, 0.3) is 0 Å². The molecule has 0 aliphatic carbocycles. The molecule has 1 aliphatic heterocycles. The Bertz CT molecular complexity index is 1080. The number of ether oxygens (including phenoxy) is 2. The van der Waals surface area contributed by atoms with Crippen LogP contribution in [0.15, 0.2) is 65.4 Å². The quantitative estimate of drug-likeness (QED) is 0.438. The van der Waals surface area contributed by atoms with Gasteiger partial charge in [0.15, 0.2) is 0 Å². The molecule has 0 spiro atoms. The first kappa shape index (κ1) is 24.0. The average Bonchev–Trinajstić information content (AvgIpc) is 3.53.